The number of rotatable bonds is 6. The fourth-order valence-electron chi connectivity index (χ4n) is 1.67. The average Bonchev–Trinajstić information content (AvgIpc) is 3.03. The molecule has 26 heavy (non-hydrogen) atoms. The number of ether oxygens (including phenoxy) is 2. The molecule has 1 heterocycles. The second-order valence-corrected chi connectivity index (χ2v) is 5.65. The van der Waals surface area contributed by atoms with Gasteiger partial charge in [-0.1, -0.05) is 11.3 Å². The number of nitro groups is 1. The molecule has 1 aromatic carbocycles. The predicted octanol–water partition coefficient (Wildman–Crippen LogP) is 3.35. The molecule has 8 nitrogen and oxygen atoms in total. The van der Waals surface area contributed by atoms with Crippen molar-refractivity contribution in [3.8, 4) is 5.75 Å². The number of amides is 1. The van der Waals surface area contributed by atoms with Crippen LogP contribution in [0.3, 0.4) is 0 Å². The molecule has 0 aliphatic carbocycles. The standard InChI is InChI=1S/C14H9F3N2O6S/c15-14(16,17)25-9-3-1-8(2-4-9)18-11(20)7-24-13(21)10-5-6-12(26-10)19(22)23/h1-6H,7H2,(H,18,20). The minimum absolute atomic E-state index is 0.0434. The first kappa shape index (κ1) is 19.2. The van der Waals surface area contributed by atoms with Crippen LogP contribution >= 0.6 is 11.3 Å². The van der Waals surface area contributed by atoms with Gasteiger partial charge in [0.05, 0.1) is 4.92 Å². The fraction of sp³-hybridized carbons (Fsp3) is 0.143. The van der Waals surface area contributed by atoms with E-state index in [4.69, 9.17) is 4.74 Å². The topological polar surface area (TPSA) is 108 Å². The maximum atomic E-state index is 12.0. The number of alkyl halides is 3. The molecule has 0 saturated carbocycles. The van der Waals surface area contributed by atoms with Gasteiger partial charge in [0.2, 0.25) is 0 Å². The molecule has 0 spiro atoms. The van der Waals surface area contributed by atoms with Crippen LogP contribution in [0.1, 0.15) is 9.67 Å². The van der Waals surface area contributed by atoms with Crippen LogP contribution in [-0.4, -0.2) is 29.8 Å². The lowest BCUT2D eigenvalue weighted by molar-refractivity contribution is -0.380. The second-order valence-electron chi connectivity index (χ2n) is 4.59. The smallest absolute Gasteiger partial charge is 0.451 e. The number of nitrogens with zero attached hydrogens (tertiary/aromatic N) is 1. The van der Waals surface area contributed by atoms with Crippen LogP contribution < -0.4 is 10.1 Å². The van der Waals surface area contributed by atoms with Crippen molar-refractivity contribution in [2.45, 2.75) is 6.36 Å². The zero-order valence-electron chi connectivity index (χ0n) is 12.6. The van der Waals surface area contributed by atoms with Gasteiger partial charge in [-0.3, -0.25) is 14.9 Å². The summed E-state index contributed by atoms with van der Waals surface area (Å²) in [7, 11) is 0. The van der Waals surface area contributed by atoms with Crippen molar-refractivity contribution in [3.63, 3.8) is 0 Å². The van der Waals surface area contributed by atoms with Gasteiger partial charge in [-0.2, -0.15) is 0 Å². The van der Waals surface area contributed by atoms with E-state index in [1.807, 2.05) is 0 Å². The molecule has 1 N–H and O–H groups in total. The SMILES string of the molecule is O=C(COC(=O)c1ccc([N+](=O)[O-])s1)Nc1ccc(OC(F)(F)F)cc1. The summed E-state index contributed by atoms with van der Waals surface area (Å²) < 4.78 is 44.5. The van der Waals surface area contributed by atoms with Crippen molar-refractivity contribution < 1.29 is 37.2 Å². The lowest BCUT2D eigenvalue weighted by Gasteiger charge is -2.10. The van der Waals surface area contributed by atoms with Crippen LogP contribution in [0.2, 0.25) is 0 Å². The Bertz CT molecular complexity index is 819. The number of hydrogen-bond donors (Lipinski definition) is 1. The molecule has 0 aliphatic heterocycles. The van der Waals surface area contributed by atoms with Gasteiger partial charge in [0.15, 0.2) is 6.61 Å². The summed E-state index contributed by atoms with van der Waals surface area (Å²) in [6.07, 6.45) is -4.82. The minimum Gasteiger partial charge on any atom is -0.451 e. The summed E-state index contributed by atoms with van der Waals surface area (Å²) in [5, 5.41) is 12.6. The highest BCUT2D eigenvalue weighted by atomic mass is 32.1. The van der Waals surface area contributed by atoms with E-state index in [1.54, 1.807) is 0 Å². The third kappa shape index (κ3) is 5.73. The predicted molar refractivity (Wildman–Crippen MR) is 83.0 cm³/mol. The van der Waals surface area contributed by atoms with Crippen molar-refractivity contribution in [3.05, 3.63) is 51.4 Å². The molecule has 0 unspecified atom stereocenters. The Kier molecular flexibility index (Phi) is 5.77. The lowest BCUT2D eigenvalue weighted by atomic mass is 10.3. The monoisotopic (exact) mass is 390 g/mol. The summed E-state index contributed by atoms with van der Waals surface area (Å²) in [6.45, 7) is -0.675. The number of carbonyl (C=O) groups is 2. The van der Waals surface area contributed by atoms with Crippen LogP contribution in [0.25, 0.3) is 0 Å². The third-order valence-corrected chi connectivity index (χ3v) is 3.70. The zero-order valence-corrected chi connectivity index (χ0v) is 13.4. The van der Waals surface area contributed by atoms with Crippen LogP contribution in [0, 0.1) is 10.1 Å². The number of hydrogen-bond acceptors (Lipinski definition) is 7. The first-order chi connectivity index (χ1) is 12.1. The molecule has 0 saturated heterocycles. The highest BCUT2D eigenvalue weighted by Crippen LogP contribution is 2.25. The maximum Gasteiger partial charge on any atom is 0.573 e. The summed E-state index contributed by atoms with van der Waals surface area (Å²) in [5.41, 5.74) is 0.160. The molecule has 1 aromatic heterocycles. The highest BCUT2D eigenvalue weighted by molar-refractivity contribution is 7.17. The first-order valence-electron chi connectivity index (χ1n) is 6.71. The Balaban J connectivity index is 1.84. The van der Waals surface area contributed by atoms with Gasteiger partial charge in [-0.05, 0) is 30.3 Å². The number of halogens is 3. The van der Waals surface area contributed by atoms with Crippen molar-refractivity contribution >= 4 is 33.9 Å². The average molecular weight is 390 g/mol. The van der Waals surface area contributed by atoms with Gasteiger partial charge in [-0.25, -0.2) is 4.79 Å². The number of esters is 1. The second kappa shape index (κ2) is 7.82. The molecule has 0 radical (unpaired) electrons. The molecule has 2 rings (SSSR count). The molecular weight excluding hydrogens is 381 g/mol. The minimum atomic E-state index is -4.82. The Hall–Kier alpha value is -3.15. The Morgan fingerprint density at radius 1 is 1.15 bits per heavy atom. The molecule has 138 valence electrons. The van der Waals surface area contributed by atoms with E-state index < -0.39 is 35.5 Å². The van der Waals surface area contributed by atoms with Crippen LogP contribution in [0.4, 0.5) is 23.9 Å². The molecule has 1 amide bonds. The van der Waals surface area contributed by atoms with E-state index >= 15 is 0 Å². The Morgan fingerprint density at radius 3 is 2.35 bits per heavy atom. The lowest BCUT2D eigenvalue weighted by Crippen LogP contribution is -2.20. The van der Waals surface area contributed by atoms with Crippen molar-refractivity contribution in [2.24, 2.45) is 0 Å². The highest BCUT2D eigenvalue weighted by Gasteiger charge is 2.31. The third-order valence-electron chi connectivity index (χ3n) is 2.68. The molecule has 0 aliphatic rings. The number of carbonyl (C=O) groups excluding carboxylic acids is 2. The van der Waals surface area contributed by atoms with Gasteiger partial charge < -0.3 is 14.8 Å². The Labute approximate surface area is 147 Å². The van der Waals surface area contributed by atoms with Crippen LogP contribution in [-0.2, 0) is 9.53 Å². The number of nitrogens with one attached hydrogen (secondary N) is 1. The maximum absolute atomic E-state index is 12.0. The number of anilines is 1. The van der Waals surface area contributed by atoms with Gasteiger partial charge in [-0.15, -0.1) is 13.2 Å². The quantitative estimate of drug-likeness (QED) is 0.460. The number of thiophene rings is 1. The van der Waals surface area contributed by atoms with Crippen molar-refractivity contribution in [2.75, 3.05) is 11.9 Å². The van der Waals surface area contributed by atoms with Gasteiger partial charge >= 0.3 is 17.3 Å². The largest absolute Gasteiger partial charge is 0.573 e. The van der Waals surface area contributed by atoms with Crippen molar-refractivity contribution in [1.29, 1.82) is 0 Å². The van der Waals surface area contributed by atoms with Crippen LogP contribution in [0.5, 0.6) is 5.75 Å². The van der Waals surface area contributed by atoms with Gasteiger partial charge in [0, 0.05) is 11.8 Å². The fourth-order valence-corrected chi connectivity index (χ4v) is 2.39. The van der Waals surface area contributed by atoms with E-state index in [1.165, 1.54) is 18.2 Å². The van der Waals surface area contributed by atoms with Gasteiger partial charge in [0.1, 0.15) is 10.6 Å². The summed E-state index contributed by atoms with van der Waals surface area (Å²) >= 11 is 0.600. The first-order valence-corrected chi connectivity index (χ1v) is 7.53. The molecule has 0 bridgehead atoms. The molecule has 12 heteroatoms. The van der Waals surface area contributed by atoms with Crippen molar-refractivity contribution in [1.82, 2.24) is 0 Å². The van der Waals surface area contributed by atoms with E-state index in [9.17, 15) is 32.9 Å². The summed E-state index contributed by atoms with van der Waals surface area (Å²) in [5.74, 6) is -2.11. The molecular formula is C14H9F3N2O6S. The van der Waals surface area contributed by atoms with Gasteiger partial charge in [0.25, 0.3) is 5.91 Å². The van der Waals surface area contributed by atoms with E-state index in [0.29, 0.717) is 11.3 Å². The number of benzene rings is 1. The molecule has 2 aromatic rings. The summed E-state index contributed by atoms with van der Waals surface area (Å²) in [4.78, 5) is 33.2. The van der Waals surface area contributed by atoms with E-state index in [0.717, 1.165) is 18.2 Å². The van der Waals surface area contributed by atoms with E-state index in [-0.39, 0.29) is 15.6 Å². The molecule has 0 fully saturated rings. The molecule has 0 atom stereocenters. The zero-order chi connectivity index (χ0) is 19.3. The van der Waals surface area contributed by atoms with E-state index in [2.05, 4.69) is 10.1 Å². The Morgan fingerprint density at radius 2 is 1.81 bits per heavy atom. The summed E-state index contributed by atoms with van der Waals surface area (Å²) in [6, 6.07) is 6.67. The van der Waals surface area contributed by atoms with Crippen LogP contribution in [0.15, 0.2) is 36.4 Å². The normalized spacial score (nSPS) is 10.9.